The third-order valence-corrected chi connectivity index (χ3v) is 2.59. The Labute approximate surface area is 104 Å². The summed E-state index contributed by atoms with van der Waals surface area (Å²) >= 11 is 5.84. The van der Waals surface area contributed by atoms with Crippen molar-refractivity contribution in [3.05, 3.63) is 28.8 Å². The molecule has 5 N–H and O–H groups in total. The first-order chi connectivity index (χ1) is 7.95. The van der Waals surface area contributed by atoms with Crippen molar-refractivity contribution in [1.29, 1.82) is 0 Å². The summed E-state index contributed by atoms with van der Waals surface area (Å²) in [6.07, 6.45) is 0.541. The van der Waals surface area contributed by atoms with E-state index in [1.54, 1.807) is 6.07 Å². The van der Waals surface area contributed by atoms with E-state index >= 15 is 0 Å². The molecule has 2 amide bonds. The second-order valence-electron chi connectivity index (χ2n) is 3.56. The molecule has 0 saturated carbocycles. The number of amides is 2. The zero-order valence-electron chi connectivity index (χ0n) is 9.37. The number of anilines is 1. The van der Waals surface area contributed by atoms with Gasteiger partial charge >= 0.3 is 0 Å². The molecule has 0 fully saturated rings. The van der Waals surface area contributed by atoms with E-state index in [4.69, 9.17) is 23.1 Å². The van der Waals surface area contributed by atoms with Gasteiger partial charge in [-0.25, -0.2) is 0 Å². The Morgan fingerprint density at radius 2 is 2.12 bits per heavy atom. The molecular weight excluding hydrogens is 242 g/mol. The molecule has 0 unspecified atom stereocenters. The lowest BCUT2D eigenvalue weighted by Crippen LogP contribution is -2.34. The van der Waals surface area contributed by atoms with Gasteiger partial charge in [-0.1, -0.05) is 18.5 Å². The zero-order chi connectivity index (χ0) is 13.0. The Balaban J connectivity index is 2.84. The van der Waals surface area contributed by atoms with Crippen LogP contribution in [0.4, 0.5) is 5.69 Å². The quantitative estimate of drug-likeness (QED) is 0.752. The number of rotatable bonds is 4. The minimum atomic E-state index is -0.613. The molecule has 0 radical (unpaired) electrons. The topological polar surface area (TPSA) is 98.2 Å². The van der Waals surface area contributed by atoms with Crippen LogP contribution in [0, 0.1) is 0 Å². The zero-order valence-corrected chi connectivity index (χ0v) is 10.1. The van der Waals surface area contributed by atoms with Crippen LogP contribution >= 0.6 is 11.6 Å². The molecule has 0 heterocycles. The average molecular weight is 256 g/mol. The van der Waals surface area contributed by atoms with Crippen LogP contribution in [0.25, 0.3) is 0 Å². The van der Waals surface area contributed by atoms with E-state index in [9.17, 15) is 9.59 Å². The first-order valence-corrected chi connectivity index (χ1v) is 5.49. The third kappa shape index (κ3) is 3.44. The molecule has 1 rings (SSSR count). The van der Waals surface area contributed by atoms with Gasteiger partial charge in [-0.2, -0.15) is 0 Å². The van der Waals surface area contributed by atoms with Crippen LogP contribution in [0.1, 0.15) is 23.7 Å². The predicted octanol–water partition coefficient (Wildman–Crippen LogP) is 1.11. The van der Waals surface area contributed by atoms with Crippen molar-refractivity contribution in [3.63, 3.8) is 0 Å². The third-order valence-electron chi connectivity index (χ3n) is 2.28. The first-order valence-electron chi connectivity index (χ1n) is 5.11. The number of carbonyl (C=O) groups is 2. The van der Waals surface area contributed by atoms with Crippen molar-refractivity contribution in [1.82, 2.24) is 0 Å². The van der Waals surface area contributed by atoms with Gasteiger partial charge < -0.3 is 16.8 Å². The summed E-state index contributed by atoms with van der Waals surface area (Å²) in [4.78, 5) is 22.4. The number of nitrogens with one attached hydrogen (secondary N) is 1. The van der Waals surface area contributed by atoms with Crippen LogP contribution in [0.5, 0.6) is 0 Å². The molecule has 5 nitrogen and oxygen atoms in total. The fraction of sp³-hybridized carbons (Fsp3) is 0.273. The second kappa shape index (κ2) is 5.65. The maximum atomic E-state index is 11.5. The summed E-state index contributed by atoms with van der Waals surface area (Å²) < 4.78 is 0. The molecule has 0 aliphatic heterocycles. The van der Waals surface area contributed by atoms with Crippen molar-refractivity contribution in [2.75, 3.05) is 5.32 Å². The number of benzene rings is 1. The molecule has 1 aromatic rings. The molecular formula is C11H14ClN3O2. The fourth-order valence-electron chi connectivity index (χ4n) is 1.21. The number of hydrogen-bond acceptors (Lipinski definition) is 3. The largest absolute Gasteiger partial charge is 0.366 e. The van der Waals surface area contributed by atoms with Gasteiger partial charge in [0.2, 0.25) is 11.8 Å². The van der Waals surface area contributed by atoms with Crippen molar-refractivity contribution in [2.45, 2.75) is 19.4 Å². The monoisotopic (exact) mass is 255 g/mol. The van der Waals surface area contributed by atoms with Gasteiger partial charge in [0, 0.05) is 5.69 Å². The molecule has 0 aromatic heterocycles. The van der Waals surface area contributed by atoms with Crippen molar-refractivity contribution in [3.8, 4) is 0 Å². The lowest BCUT2D eigenvalue weighted by molar-refractivity contribution is -0.117. The van der Waals surface area contributed by atoms with Crippen LogP contribution in [-0.2, 0) is 4.79 Å². The SMILES string of the molecule is CC[C@H](N)C(=O)Nc1ccc(C(N)=O)c(Cl)c1. The summed E-state index contributed by atoms with van der Waals surface area (Å²) in [6, 6.07) is 3.90. The highest BCUT2D eigenvalue weighted by molar-refractivity contribution is 6.34. The molecule has 92 valence electrons. The van der Waals surface area contributed by atoms with Crippen LogP contribution < -0.4 is 16.8 Å². The normalized spacial score (nSPS) is 11.9. The predicted molar refractivity (Wildman–Crippen MR) is 66.9 cm³/mol. The van der Waals surface area contributed by atoms with Crippen molar-refractivity contribution < 1.29 is 9.59 Å². The highest BCUT2D eigenvalue weighted by Crippen LogP contribution is 2.20. The Morgan fingerprint density at radius 3 is 2.59 bits per heavy atom. The highest BCUT2D eigenvalue weighted by Gasteiger charge is 2.12. The number of carbonyl (C=O) groups excluding carboxylic acids is 2. The number of primary amides is 1. The Kier molecular flexibility index (Phi) is 4.48. The first kappa shape index (κ1) is 13.5. The number of nitrogens with two attached hydrogens (primary N) is 2. The lowest BCUT2D eigenvalue weighted by atomic mass is 10.2. The average Bonchev–Trinajstić information content (AvgIpc) is 2.27. The fourth-order valence-corrected chi connectivity index (χ4v) is 1.49. The minimum Gasteiger partial charge on any atom is -0.366 e. The van der Waals surface area contributed by atoms with E-state index in [0.29, 0.717) is 12.1 Å². The number of hydrogen-bond donors (Lipinski definition) is 3. The van der Waals surface area contributed by atoms with Gasteiger partial charge in [0.15, 0.2) is 0 Å². The summed E-state index contributed by atoms with van der Waals surface area (Å²) in [6.45, 7) is 1.81. The van der Waals surface area contributed by atoms with Crippen molar-refractivity contribution >= 4 is 29.1 Å². The van der Waals surface area contributed by atoms with Crippen molar-refractivity contribution in [2.24, 2.45) is 11.5 Å². The Hall–Kier alpha value is -1.59. The van der Waals surface area contributed by atoms with Gasteiger partial charge in [0.05, 0.1) is 16.6 Å². The van der Waals surface area contributed by atoms with E-state index in [0.717, 1.165) is 0 Å². The maximum absolute atomic E-state index is 11.5. The smallest absolute Gasteiger partial charge is 0.250 e. The summed E-state index contributed by atoms with van der Waals surface area (Å²) in [5, 5.41) is 2.79. The minimum absolute atomic E-state index is 0.195. The maximum Gasteiger partial charge on any atom is 0.250 e. The molecule has 0 aliphatic rings. The van der Waals surface area contributed by atoms with Gasteiger partial charge in [-0.3, -0.25) is 9.59 Å². The Bertz CT molecular complexity index is 448. The Morgan fingerprint density at radius 1 is 1.47 bits per heavy atom. The molecule has 1 atom stereocenters. The summed E-state index contributed by atoms with van der Waals surface area (Å²) in [7, 11) is 0. The van der Waals surface area contributed by atoms with Gasteiger partial charge in [0.25, 0.3) is 0 Å². The van der Waals surface area contributed by atoms with Gasteiger partial charge in [0.1, 0.15) is 0 Å². The molecule has 0 aliphatic carbocycles. The standard InChI is InChI=1S/C11H14ClN3O2/c1-2-9(13)11(17)15-6-3-4-7(10(14)16)8(12)5-6/h3-5,9H,2,13H2,1H3,(H2,14,16)(H,15,17)/t9-/m0/s1. The summed E-state index contributed by atoms with van der Waals surface area (Å²) in [5.74, 6) is -0.909. The molecule has 0 spiro atoms. The highest BCUT2D eigenvalue weighted by atomic mass is 35.5. The molecule has 17 heavy (non-hydrogen) atoms. The van der Waals surface area contributed by atoms with E-state index in [2.05, 4.69) is 5.32 Å². The van der Waals surface area contributed by atoms with Crippen LogP contribution in [0.3, 0.4) is 0 Å². The number of halogens is 1. The van der Waals surface area contributed by atoms with Crippen LogP contribution in [0.2, 0.25) is 5.02 Å². The van der Waals surface area contributed by atoms with Crippen LogP contribution in [0.15, 0.2) is 18.2 Å². The van der Waals surface area contributed by atoms with Gasteiger partial charge in [-0.05, 0) is 24.6 Å². The summed E-state index contributed by atoms with van der Waals surface area (Å²) in [5.41, 5.74) is 11.4. The molecule has 0 bridgehead atoms. The molecule has 6 heteroatoms. The molecule has 0 saturated heterocycles. The second-order valence-corrected chi connectivity index (χ2v) is 3.97. The van der Waals surface area contributed by atoms with E-state index in [-0.39, 0.29) is 16.5 Å². The van der Waals surface area contributed by atoms with Gasteiger partial charge in [-0.15, -0.1) is 0 Å². The van der Waals surface area contributed by atoms with E-state index < -0.39 is 11.9 Å². The van der Waals surface area contributed by atoms with E-state index in [1.165, 1.54) is 12.1 Å². The van der Waals surface area contributed by atoms with Crippen LogP contribution in [-0.4, -0.2) is 17.9 Å². The van der Waals surface area contributed by atoms with E-state index in [1.807, 2.05) is 6.92 Å². The lowest BCUT2D eigenvalue weighted by Gasteiger charge is -2.10. The molecule has 1 aromatic carbocycles.